The minimum atomic E-state index is -3.44. The van der Waals surface area contributed by atoms with Gasteiger partial charge in [0.15, 0.2) is 0 Å². The van der Waals surface area contributed by atoms with Crippen LogP contribution in [0.4, 0.5) is 0 Å². The van der Waals surface area contributed by atoms with E-state index >= 15 is 0 Å². The summed E-state index contributed by atoms with van der Waals surface area (Å²) in [5.41, 5.74) is 0.720. The van der Waals surface area contributed by atoms with Gasteiger partial charge in [0.2, 0.25) is 15.9 Å². The molecule has 0 saturated heterocycles. The predicted molar refractivity (Wildman–Crippen MR) is 83.5 cm³/mol. The van der Waals surface area contributed by atoms with E-state index in [4.69, 9.17) is 5.11 Å². The molecule has 1 aliphatic rings. The van der Waals surface area contributed by atoms with Gasteiger partial charge in [0, 0.05) is 18.7 Å². The van der Waals surface area contributed by atoms with E-state index in [0.717, 1.165) is 18.4 Å². The van der Waals surface area contributed by atoms with Crippen LogP contribution >= 0.6 is 0 Å². The molecule has 0 aliphatic heterocycles. The molecule has 7 heteroatoms. The summed E-state index contributed by atoms with van der Waals surface area (Å²) in [6.07, 6.45) is 4.11. The van der Waals surface area contributed by atoms with E-state index in [9.17, 15) is 13.2 Å². The fourth-order valence-electron chi connectivity index (χ4n) is 1.73. The van der Waals surface area contributed by atoms with Gasteiger partial charge in [0.1, 0.15) is 0 Å². The average molecular weight is 324 g/mol. The van der Waals surface area contributed by atoms with Crippen LogP contribution in [0.25, 0.3) is 6.08 Å². The molecule has 1 aromatic carbocycles. The van der Waals surface area contributed by atoms with Crippen LogP contribution in [-0.2, 0) is 14.8 Å². The molecule has 1 unspecified atom stereocenters. The number of benzene rings is 1. The quantitative estimate of drug-likeness (QED) is 0.641. The third-order valence-electron chi connectivity index (χ3n) is 3.09. The van der Waals surface area contributed by atoms with E-state index in [1.807, 2.05) is 0 Å². The van der Waals surface area contributed by atoms with Crippen molar-refractivity contribution in [2.24, 2.45) is 0 Å². The number of rotatable bonds is 7. The molecule has 3 N–H and O–H groups in total. The number of nitrogens with one attached hydrogen (secondary N) is 2. The summed E-state index contributed by atoms with van der Waals surface area (Å²) >= 11 is 0. The van der Waals surface area contributed by atoms with Gasteiger partial charge in [-0.2, -0.15) is 0 Å². The summed E-state index contributed by atoms with van der Waals surface area (Å²) in [5.74, 6) is -0.312. The van der Waals surface area contributed by atoms with Gasteiger partial charge < -0.3 is 10.4 Å². The zero-order chi connectivity index (χ0) is 16.2. The fourth-order valence-corrected chi connectivity index (χ4v) is 3.03. The standard InChI is InChI=1S/C15H20N2O4S/c1-11(18)10-16-15(19)9-4-12-2-7-14(8-3-12)22(20,21)17-13-5-6-13/h2-4,7-9,11,13,17-18H,5-6,10H2,1H3,(H,16,19)/b9-4+. The maximum atomic E-state index is 12.0. The number of hydrogen-bond acceptors (Lipinski definition) is 4. The van der Waals surface area contributed by atoms with Crippen LogP contribution in [0.3, 0.4) is 0 Å². The van der Waals surface area contributed by atoms with Crippen molar-refractivity contribution in [2.45, 2.75) is 36.8 Å². The fraction of sp³-hybridized carbons (Fsp3) is 0.400. The number of aliphatic hydroxyl groups is 1. The second-order valence-electron chi connectivity index (χ2n) is 5.39. The second kappa shape index (κ2) is 7.04. The number of carbonyl (C=O) groups is 1. The minimum Gasteiger partial charge on any atom is -0.392 e. The lowest BCUT2D eigenvalue weighted by molar-refractivity contribution is -0.116. The van der Waals surface area contributed by atoms with Crippen molar-refractivity contribution in [1.82, 2.24) is 10.0 Å². The summed E-state index contributed by atoms with van der Waals surface area (Å²) in [7, 11) is -3.44. The largest absolute Gasteiger partial charge is 0.392 e. The van der Waals surface area contributed by atoms with E-state index in [0.29, 0.717) is 0 Å². The first-order valence-corrected chi connectivity index (χ1v) is 8.61. The Morgan fingerprint density at radius 1 is 1.36 bits per heavy atom. The molecule has 0 heterocycles. The first kappa shape index (κ1) is 16.7. The first-order valence-electron chi connectivity index (χ1n) is 7.13. The van der Waals surface area contributed by atoms with Gasteiger partial charge in [-0.25, -0.2) is 13.1 Å². The highest BCUT2D eigenvalue weighted by molar-refractivity contribution is 7.89. The maximum absolute atomic E-state index is 12.0. The Balaban J connectivity index is 1.95. The van der Waals surface area contributed by atoms with Crippen LogP contribution in [0.2, 0.25) is 0 Å². The Bertz CT molecular complexity index is 647. The van der Waals surface area contributed by atoms with Crippen molar-refractivity contribution >= 4 is 22.0 Å². The number of carbonyl (C=O) groups excluding carboxylic acids is 1. The zero-order valence-corrected chi connectivity index (χ0v) is 13.1. The highest BCUT2D eigenvalue weighted by Gasteiger charge is 2.27. The number of aliphatic hydroxyl groups excluding tert-OH is 1. The molecule has 22 heavy (non-hydrogen) atoms. The molecule has 0 aromatic heterocycles. The van der Waals surface area contributed by atoms with Crippen molar-refractivity contribution in [3.63, 3.8) is 0 Å². The molecule has 6 nitrogen and oxygen atoms in total. The average Bonchev–Trinajstić information content (AvgIpc) is 3.26. The monoisotopic (exact) mass is 324 g/mol. The van der Waals surface area contributed by atoms with Crippen LogP contribution in [-0.4, -0.2) is 38.1 Å². The third-order valence-corrected chi connectivity index (χ3v) is 4.62. The Labute approximate surface area is 130 Å². The van der Waals surface area contributed by atoms with Gasteiger partial charge in [0.25, 0.3) is 0 Å². The van der Waals surface area contributed by atoms with Gasteiger partial charge in [-0.15, -0.1) is 0 Å². The van der Waals surface area contributed by atoms with E-state index in [1.165, 1.54) is 18.2 Å². The third kappa shape index (κ3) is 5.25. The molecule has 1 saturated carbocycles. The van der Waals surface area contributed by atoms with Crippen LogP contribution in [0.1, 0.15) is 25.3 Å². The highest BCUT2D eigenvalue weighted by Crippen LogP contribution is 2.22. The van der Waals surface area contributed by atoms with E-state index in [2.05, 4.69) is 10.0 Å². The van der Waals surface area contributed by atoms with Crippen molar-refractivity contribution in [3.05, 3.63) is 35.9 Å². The Hall–Kier alpha value is -1.70. The molecule has 1 atom stereocenters. The lowest BCUT2D eigenvalue weighted by Gasteiger charge is -2.05. The second-order valence-corrected chi connectivity index (χ2v) is 7.11. The Kier molecular flexibility index (Phi) is 5.33. The maximum Gasteiger partial charge on any atom is 0.244 e. The first-order chi connectivity index (χ1) is 10.4. The molecule has 120 valence electrons. The summed E-state index contributed by atoms with van der Waals surface area (Å²) < 4.78 is 26.6. The minimum absolute atomic E-state index is 0.0715. The number of hydrogen-bond donors (Lipinski definition) is 3. The normalized spacial score (nSPS) is 16.6. The van der Waals surface area contributed by atoms with Gasteiger partial charge in [-0.3, -0.25) is 4.79 Å². The van der Waals surface area contributed by atoms with Crippen molar-refractivity contribution in [1.29, 1.82) is 0 Å². The SMILES string of the molecule is CC(O)CNC(=O)/C=C/c1ccc(S(=O)(=O)NC2CC2)cc1. The van der Waals surface area contributed by atoms with E-state index in [1.54, 1.807) is 25.1 Å². The molecule has 1 aromatic rings. The van der Waals surface area contributed by atoms with Crippen LogP contribution in [0.5, 0.6) is 0 Å². The molecule has 1 fully saturated rings. The topological polar surface area (TPSA) is 95.5 Å². The molecule has 0 spiro atoms. The molecule has 0 radical (unpaired) electrons. The van der Waals surface area contributed by atoms with E-state index in [-0.39, 0.29) is 23.4 Å². The lowest BCUT2D eigenvalue weighted by atomic mass is 10.2. The molecule has 1 amide bonds. The van der Waals surface area contributed by atoms with Crippen molar-refractivity contribution in [3.8, 4) is 0 Å². The van der Waals surface area contributed by atoms with Crippen LogP contribution < -0.4 is 10.0 Å². The van der Waals surface area contributed by atoms with Gasteiger partial charge in [-0.1, -0.05) is 12.1 Å². The van der Waals surface area contributed by atoms with Crippen LogP contribution in [0, 0.1) is 0 Å². The molecular weight excluding hydrogens is 304 g/mol. The Morgan fingerprint density at radius 2 is 2.00 bits per heavy atom. The highest BCUT2D eigenvalue weighted by atomic mass is 32.2. The Morgan fingerprint density at radius 3 is 2.55 bits per heavy atom. The lowest BCUT2D eigenvalue weighted by Crippen LogP contribution is -2.28. The van der Waals surface area contributed by atoms with Gasteiger partial charge in [0.05, 0.1) is 11.0 Å². The zero-order valence-electron chi connectivity index (χ0n) is 12.3. The molecule has 1 aliphatic carbocycles. The van der Waals surface area contributed by atoms with Crippen molar-refractivity contribution < 1.29 is 18.3 Å². The van der Waals surface area contributed by atoms with E-state index < -0.39 is 16.1 Å². The van der Waals surface area contributed by atoms with Gasteiger partial charge in [-0.05, 0) is 43.5 Å². The predicted octanol–water partition coefficient (Wildman–Crippen LogP) is 0.637. The molecule has 0 bridgehead atoms. The molecule has 2 rings (SSSR count). The summed E-state index contributed by atoms with van der Waals surface area (Å²) in [6, 6.07) is 6.37. The smallest absolute Gasteiger partial charge is 0.244 e. The van der Waals surface area contributed by atoms with Crippen molar-refractivity contribution in [2.75, 3.05) is 6.54 Å². The summed E-state index contributed by atoms with van der Waals surface area (Å²) in [4.78, 5) is 11.7. The van der Waals surface area contributed by atoms with Crippen LogP contribution in [0.15, 0.2) is 35.2 Å². The number of amides is 1. The van der Waals surface area contributed by atoms with Gasteiger partial charge >= 0.3 is 0 Å². The number of sulfonamides is 1. The summed E-state index contributed by atoms with van der Waals surface area (Å²) in [6.45, 7) is 1.77. The molecular formula is C15H20N2O4S. The summed E-state index contributed by atoms with van der Waals surface area (Å²) in [5, 5.41) is 11.6.